The quantitative estimate of drug-likeness (QED) is 0.235. The molecule has 1 heterocycles. The van der Waals surface area contributed by atoms with Crippen molar-refractivity contribution in [1.29, 1.82) is 0 Å². The largest absolute Gasteiger partial charge is 1.00 e. The number of benzene rings is 2. The number of Topliss-reactive ketones (excluding diaryl/α,β-unsaturated/α-hetero) is 1. The molecule has 0 fully saturated rings. The topological polar surface area (TPSA) is 65.5 Å². The van der Waals surface area contributed by atoms with Gasteiger partial charge in [-0.25, -0.2) is 13.8 Å². The van der Waals surface area contributed by atoms with Gasteiger partial charge in [-0.2, -0.15) is 0 Å². The number of hydrogen-bond acceptors (Lipinski definition) is 3. The van der Waals surface area contributed by atoms with Gasteiger partial charge in [0, 0.05) is 46.3 Å². The van der Waals surface area contributed by atoms with Crippen LogP contribution in [-0.2, 0) is 0 Å². The van der Waals surface area contributed by atoms with Gasteiger partial charge in [-0.3, -0.25) is 9.59 Å². The second-order valence-electron chi connectivity index (χ2n) is 6.20. The second-order valence-corrected chi connectivity index (χ2v) is 8.03. The van der Waals surface area contributed by atoms with Crippen molar-refractivity contribution in [2.75, 3.05) is 14.1 Å². The number of halogens is 4. The van der Waals surface area contributed by atoms with Crippen LogP contribution in [0.25, 0.3) is 10.9 Å². The molecule has 10 heteroatoms. The molecule has 0 saturated carbocycles. The number of aromatic amines is 1. The number of ketones is 1. The van der Waals surface area contributed by atoms with Crippen molar-refractivity contribution in [3.63, 3.8) is 0 Å². The molecule has 1 N–H and O–H groups in total. The van der Waals surface area contributed by atoms with Gasteiger partial charge in [0.15, 0.2) is 17.0 Å². The van der Waals surface area contributed by atoms with Crippen LogP contribution in [0, 0.1) is 11.6 Å². The Kier molecular flexibility index (Phi) is 10.5. The van der Waals surface area contributed by atoms with Crippen molar-refractivity contribution in [3.05, 3.63) is 72.9 Å². The Bertz CT molecular complexity index is 1160. The number of nitrogens with one attached hydrogen (secondary N) is 1. The van der Waals surface area contributed by atoms with Gasteiger partial charge in [0.05, 0.1) is 11.9 Å². The third-order valence-corrected chi connectivity index (χ3v) is 4.52. The maximum Gasteiger partial charge on any atom is 1.00 e. The SMILES string of the molecule is CC(=O)c1cc(Br)cc(F)c1N=CN(C)C.O=c1cc[nH]c2c(F)cc(Br)cc12.[H-].[Na+]. The van der Waals surface area contributed by atoms with E-state index in [0.29, 0.717) is 14.3 Å². The zero-order chi connectivity index (χ0) is 21.7. The number of pyridine rings is 1. The number of aliphatic imine (C=N–C) groups is 1. The molecule has 3 aromatic rings. The van der Waals surface area contributed by atoms with Crippen molar-refractivity contribution >= 4 is 60.6 Å². The third-order valence-electron chi connectivity index (χ3n) is 3.61. The number of aromatic nitrogens is 1. The minimum atomic E-state index is -0.516. The summed E-state index contributed by atoms with van der Waals surface area (Å²) in [7, 11) is 3.54. The van der Waals surface area contributed by atoms with E-state index in [1.54, 1.807) is 31.1 Å². The van der Waals surface area contributed by atoms with Gasteiger partial charge >= 0.3 is 29.6 Å². The summed E-state index contributed by atoms with van der Waals surface area (Å²) in [6.45, 7) is 1.38. The van der Waals surface area contributed by atoms with Crippen LogP contribution in [-0.4, -0.2) is 36.1 Å². The van der Waals surface area contributed by atoms with E-state index in [9.17, 15) is 18.4 Å². The molecular formula is C20H18Br2F2N3NaO2. The minimum absolute atomic E-state index is 0. The number of carbonyl (C=O) groups is 1. The molecular weight excluding hydrogens is 535 g/mol. The van der Waals surface area contributed by atoms with E-state index in [1.807, 2.05) is 0 Å². The van der Waals surface area contributed by atoms with Crippen LogP contribution in [0.5, 0.6) is 0 Å². The Labute approximate surface area is 212 Å². The first-order valence-corrected chi connectivity index (χ1v) is 9.85. The summed E-state index contributed by atoms with van der Waals surface area (Å²) >= 11 is 6.27. The van der Waals surface area contributed by atoms with Gasteiger partial charge in [0.1, 0.15) is 11.5 Å². The molecule has 0 unspecified atom stereocenters. The first kappa shape index (κ1) is 26.6. The van der Waals surface area contributed by atoms with E-state index in [0.717, 1.165) is 0 Å². The Hall–Kier alpha value is -1.39. The van der Waals surface area contributed by atoms with E-state index in [-0.39, 0.29) is 59.0 Å². The standard InChI is InChI=1S/C11H12BrFN2O.C9H5BrFNO.Na.H/c1-7(16)9-4-8(12)5-10(13)11(9)14-6-15(2)3;10-5-3-6-8(13)1-2-12-9(6)7(11)4-5;;/h4-6H,1-3H3;1-4H,(H,12,13);;/q;;+1;-1. The van der Waals surface area contributed by atoms with Crippen LogP contribution < -0.4 is 35.0 Å². The Morgan fingerprint density at radius 2 is 1.73 bits per heavy atom. The van der Waals surface area contributed by atoms with Gasteiger partial charge in [-0.1, -0.05) is 31.9 Å². The zero-order valence-electron chi connectivity index (χ0n) is 17.8. The van der Waals surface area contributed by atoms with Crippen molar-refractivity contribution in [3.8, 4) is 0 Å². The van der Waals surface area contributed by atoms with Crippen LogP contribution in [0.15, 0.2) is 55.3 Å². The van der Waals surface area contributed by atoms with Gasteiger partial charge in [0.2, 0.25) is 0 Å². The first-order valence-electron chi connectivity index (χ1n) is 8.27. The van der Waals surface area contributed by atoms with E-state index < -0.39 is 11.6 Å². The molecule has 0 saturated heterocycles. The van der Waals surface area contributed by atoms with Crippen molar-refractivity contribution < 1.29 is 44.6 Å². The van der Waals surface area contributed by atoms with E-state index >= 15 is 0 Å². The summed E-state index contributed by atoms with van der Waals surface area (Å²) < 4.78 is 27.9. The van der Waals surface area contributed by atoms with Gasteiger partial charge in [0.25, 0.3) is 0 Å². The number of nitrogens with zero attached hydrogens (tertiary/aromatic N) is 2. The molecule has 0 atom stereocenters. The molecule has 3 rings (SSSR count). The van der Waals surface area contributed by atoms with E-state index in [1.165, 1.54) is 37.7 Å². The molecule has 1 aromatic heterocycles. The molecule has 154 valence electrons. The minimum Gasteiger partial charge on any atom is -1.00 e. The van der Waals surface area contributed by atoms with Crippen LogP contribution in [0.3, 0.4) is 0 Å². The predicted molar refractivity (Wildman–Crippen MR) is 119 cm³/mol. The molecule has 0 radical (unpaired) electrons. The number of rotatable bonds is 3. The molecule has 0 amide bonds. The molecule has 2 aromatic carbocycles. The van der Waals surface area contributed by atoms with E-state index in [4.69, 9.17) is 0 Å². The smallest absolute Gasteiger partial charge is 1.00 e. The fourth-order valence-electron chi connectivity index (χ4n) is 2.34. The van der Waals surface area contributed by atoms with Gasteiger partial charge in [-0.15, -0.1) is 0 Å². The molecule has 0 aliphatic heterocycles. The van der Waals surface area contributed by atoms with Crippen molar-refractivity contribution in [2.45, 2.75) is 6.92 Å². The summed E-state index contributed by atoms with van der Waals surface area (Å²) in [6.07, 6.45) is 2.89. The summed E-state index contributed by atoms with van der Waals surface area (Å²) in [6, 6.07) is 7.13. The maximum atomic E-state index is 13.6. The molecule has 0 bridgehead atoms. The molecule has 0 spiro atoms. The molecule has 5 nitrogen and oxygen atoms in total. The van der Waals surface area contributed by atoms with Crippen LogP contribution in [0.2, 0.25) is 0 Å². The van der Waals surface area contributed by atoms with Crippen LogP contribution >= 0.6 is 31.9 Å². The van der Waals surface area contributed by atoms with Crippen LogP contribution in [0.1, 0.15) is 18.7 Å². The number of carbonyl (C=O) groups excluding carboxylic acids is 1. The van der Waals surface area contributed by atoms with Gasteiger partial charge in [-0.05, 0) is 31.2 Å². The monoisotopic (exact) mass is 551 g/mol. The first-order chi connectivity index (χ1) is 13.6. The fourth-order valence-corrected chi connectivity index (χ4v) is 3.20. The summed E-state index contributed by atoms with van der Waals surface area (Å²) in [4.78, 5) is 30.9. The molecule has 0 aliphatic rings. The number of hydrogen-bond donors (Lipinski definition) is 1. The average Bonchev–Trinajstić information content (AvgIpc) is 2.61. The number of fused-ring (bicyclic) bond motifs is 1. The number of H-pyrrole nitrogens is 1. The second kappa shape index (κ2) is 11.9. The maximum absolute atomic E-state index is 13.6. The molecule has 0 aliphatic carbocycles. The summed E-state index contributed by atoms with van der Waals surface area (Å²) in [5.74, 6) is -1.16. The predicted octanol–water partition coefficient (Wildman–Crippen LogP) is 2.56. The fraction of sp³-hybridized carbons (Fsp3) is 0.150. The van der Waals surface area contributed by atoms with Crippen molar-refractivity contribution in [2.24, 2.45) is 4.99 Å². The third kappa shape index (κ3) is 7.09. The Balaban J connectivity index is 0.000000553. The van der Waals surface area contributed by atoms with Crippen LogP contribution in [0.4, 0.5) is 14.5 Å². The molecule has 30 heavy (non-hydrogen) atoms. The zero-order valence-corrected chi connectivity index (χ0v) is 21.9. The summed E-state index contributed by atoms with van der Waals surface area (Å²) in [5, 5.41) is 0.356. The Morgan fingerprint density at radius 3 is 2.33 bits per heavy atom. The Morgan fingerprint density at radius 1 is 1.13 bits per heavy atom. The van der Waals surface area contributed by atoms with Gasteiger partial charge < -0.3 is 11.3 Å². The normalized spacial score (nSPS) is 10.4. The van der Waals surface area contributed by atoms with E-state index in [2.05, 4.69) is 41.8 Å². The van der Waals surface area contributed by atoms with Crippen molar-refractivity contribution in [1.82, 2.24) is 9.88 Å². The summed E-state index contributed by atoms with van der Waals surface area (Å²) in [5.41, 5.74) is 0.402. The average molecular weight is 553 g/mol.